The van der Waals surface area contributed by atoms with Crippen LogP contribution < -0.4 is 5.32 Å². The van der Waals surface area contributed by atoms with Gasteiger partial charge in [0.1, 0.15) is 11.6 Å². The lowest BCUT2D eigenvalue weighted by atomic mass is 9.90. The van der Waals surface area contributed by atoms with Crippen LogP contribution in [0.15, 0.2) is 15.9 Å². The summed E-state index contributed by atoms with van der Waals surface area (Å²) in [7, 11) is 0. The molecule has 1 aliphatic rings. The number of carbonyl (C=O) groups is 2. The lowest BCUT2D eigenvalue weighted by molar-refractivity contribution is -0.155. The normalized spacial score (nSPS) is 26.1. The first-order valence-electron chi connectivity index (χ1n) is 7.28. The molecule has 2 heterocycles. The van der Waals surface area contributed by atoms with Gasteiger partial charge in [-0.05, 0) is 47.8 Å². The topological polar surface area (TPSA) is 49.4 Å². The van der Waals surface area contributed by atoms with Crippen LogP contribution in [-0.4, -0.2) is 28.3 Å². The predicted molar refractivity (Wildman–Crippen MR) is 88.1 cm³/mol. The maximum atomic E-state index is 12.8. The van der Waals surface area contributed by atoms with Crippen molar-refractivity contribution in [1.29, 1.82) is 0 Å². The molecule has 2 rings (SSSR count). The summed E-state index contributed by atoms with van der Waals surface area (Å²) in [6.07, 6.45) is 2.17. The first-order chi connectivity index (χ1) is 9.91. The fourth-order valence-electron chi connectivity index (χ4n) is 2.60. The smallest absolute Gasteiger partial charge is 0.249 e. The van der Waals surface area contributed by atoms with Crippen molar-refractivity contribution >= 4 is 39.1 Å². The molecule has 1 saturated heterocycles. The number of nitrogens with one attached hydrogen (secondary N) is 1. The molecular weight excluding hydrogens is 352 g/mol. The second-order valence-corrected chi connectivity index (χ2v) is 8.17. The molecule has 1 aromatic heterocycles. The van der Waals surface area contributed by atoms with Crippen molar-refractivity contribution in [2.24, 2.45) is 0 Å². The van der Waals surface area contributed by atoms with Crippen LogP contribution in [0.3, 0.4) is 0 Å². The Hall–Kier alpha value is -0.880. The van der Waals surface area contributed by atoms with Crippen molar-refractivity contribution in [1.82, 2.24) is 10.2 Å². The highest BCUT2D eigenvalue weighted by molar-refractivity contribution is 9.11. The molecule has 1 aliphatic heterocycles. The summed E-state index contributed by atoms with van der Waals surface area (Å²) in [5.41, 5.74) is -0.782. The molecule has 21 heavy (non-hydrogen) atoms. The zero-order chi connectivity index (χ0) is 15.6. The first kappa shape index (κ1) is 16.5. The van der Waals surface area contributed by atoms with Gasteiger partial charge >= 0.3 is 0 Å². The van der Waals surface area contributed by atoms with E-state index in [1.54, 1.807) is 16.2 Å². The molecule has 2 amide bonds. The Balaban J connectivity index is 2.29. The van der Waals surface area contributed by atoms with Crippen molar-refractivity contribution in [3.05, 3.63) is 20.8 Å². The van der Waals surface area contributed by atoms with E-state index in [4.69, 9.17) is 0 Å². The largest absolute Gasteiger partial charge is 0.340 e. The van der Waals surface area contributed by atoms with Crippen LogP contribution in [-0.2, 0) is 16.1 Å². The highest BCUT2D eigenvalue weighted by Gasteiger charge is 2.46. The molecule has 2 atom stereocenters. The lowest BCUT2D eigenvalue weighted by Gasteiger charge is -2.44. The van der Waals surface area contributed by atoms with Gasteiger partial charge in [0.25, 0.3) is 0 Å². The Morgan fingerprint density at radius 1 is 1.38 bits per heavy atom. The number of piperazine rings is 1. The van der Waals surface area contributed by atoms with Gasteiger partial charge in [-0.15, -0.1) is 11.3 Å². The maximum Gasteiger partial charge on any atom is 0.249 e. The second kappa shape index (κ2) is 6.48. The summed E-state index contributed by atoms with van der Waals surface area (Å²) in [6, 6.07) is 3.62. The number of halogens is 1. The average molecular weight is 373 g/mol. The first-order valence-corrected chi connectivity index (χ1v) is 8.89. The van der Waals surface area contributed by atoms with Gasteiger partial charge in [0.2, 0.25) is 11.8 Å². The van der Waals surface area contributed by atoms with Gasteiger partial charge in [0.15, 0.2) is 0 Å². The second-order valence-electron chi connectivity index (χ2n) is 5.62. The van der Waals surface area contributed by atoms with Gasteiger partial charge < -0.3 is 10.2 Å². The summed E-state index contributed by atoms with van der Waals surface area (Å²) in [5, 5.41) is 2.91. The molecule has 4 nitrogen and oxygen atoms in total. The molecule has 0 aromatic carbocycles. The number of amides is 2. The van der Waals surface area contributed by atoms with Crippen LogP contribution in [0.4, 0.5) is 0 Å². The molecule has 0 saturated carbocycles. The van der Waals surface area contributed by atoms with E-state index >= 15 is 0 Å². The Labute approximate surface area is 138 Å². The summed E-state index contributed by atoms with van der Waals surface area (Å²) in [6.45, 7) is 6.28. The molecule has 0 aliphatic carbocycles. The number of nitrogens with zero attached hydrogens (tertiary/aromatic N) is 1. The minimum Gasteiger partial charge on any atom is -0.340 e. The third-order valence-corrected chi connectivity index (χ3v) is 5.64. The van der Waals surface area contributed by atoms with Gasteiger partial charge in [-0.1, -0.05) is 20.3 Å². The number of carbonyl (C=O) groups excluding carboxylic acids is 2. The fraction of sp³-hybridized carbons (Fsp3) is 0.600. The van der Waals surface area contributed by atoms with E-state index in [0.717, 1.165) is 15.1 Å². The summed E-state index contributed by atoms with van der Waals surface area (Å²) in [5.74, 6) is -0.0102. The molecule has 0 bridgehead atoms. The van der Waals surface area contributed by atoms with Crippen molar-refractivity contribution in [3.63, 3.8) is 0 Å². The van der Waals surface area contributed by atoms with Crippen molar-refractivity contribution in [2.75, 3.05) is 0 Å². The highest BCUT2D eigenvalue weighted by atomic mass is 79.9. The molecular formula is C15H21BrN2O2S. The highest BCUT2D eigenvalue weighted by Crippen LogP contribution is 2.29. The Morgan fingerprint density at radius 2 is 2.10 bits per heavy atom. The number of thiophene rings is 1. The minimum absolute atomic E-state index is 0.0209. The number of hydrogen-bond acceptors (Lipinski definition) is 3. The maximum absolute atomic E-state index is 12.8. The van der Waals surface area contributed by atoms with E-state index in [1.165, 1.54) is 0 Å². The molecule has 0 radical (unpaired) electrons. The standard InChI is InChI=1S/C15H21BrN2O2S/c1-4-6-11-13(19)17-15(3,5-2)14(20)18(11)9-10-7-8-12(16)21-10/h7-8,11H,4-6,9H2,1-3H3,(H,17,19). The SMILES string of the molecule is CCCC1C(=O)NC(C)(CC)C(=O)N1Cc1ccc(Br)s1. The van der Waals surface area contributed by atoms with Crippen molar-refractivity contribution in [3.8, 4) is 0 Å². The Kier molecular flexibility index (Phi) is 5.09. The Bertz CT molecular complexity index is 546. The lowest BCUT2D eigenvalue weighted by Crippen LogP contribution is -2.68. The molecule has 1 fully saturated rings. The van der Waals surface area contributed by atoms with E-state index in [0.29, 0.717) is 19.4 Å². The quantitative estimate of drug-likeness (QED) is 0.861. The number of rotatable bonds is 5. The summed E-state index contributed by atoms with van der Waals surface area (Å²) < 4.78 is 1.04. The number of hydrogen-bond donors (Lipinski definition) is 1. The van der Waals surface area contributed by atoms with Gasteiger partial charge in [0.05, 0.1) is 10.3 Å². The molecule has 1 aromatic rings. The van der Waals surface area contributed by atoms with Crippen molar-refractivity contribution in [2.45, 2.75) is 58.2 Å². The monoisotopic (exact) mass is 372 g/mol. The van der Waals surface area contributed by atoms with E-state index in [-0.39, 0.29) is 17.9 Å². The van der Waals surface area contributed by atoms with E-state index in [1.807, 2.05) is 32.9 Å². The third-order valence-electron chi connectivity index (χ3n) is 4.04. The van der Waals surface area contributed by atoms with E-state index < -0.39 is 5.54 Å². The molecule has 1 N–H and O–H groups in total. The van der Waals surface area contributed by atoms with Crippen LogP contribution >= 0.6 is 27.3 Å². The minimum atomic E-state index is -0.782. The average Bonchev–Trinajstić information content (AvgIpc) is 2.85. The summed E-state index contributed by atoms with van der Waals surface area (Å²) in [4.78, 5) is 28.1. The van der Waals surface area contributed by atoms with Crippen LogP contribution in [0.1, 0.15) is 44.9 Å². The van der Waals surface area contributed by atoms with Crippen LogP contribution in [0.5, 0.6) is 0 Å². The van der Waals surface area contributed by atoms with Gasteiger partial charge in [0, 0.05) is 4.88 Å². The van der Waals surface area contributed by atoms with Gasteiger partial charge in [-0.2, -0.15) is 0 Å². The van der Waals surface area contributed by atoms with E-state index in [9.17, 15) is 9.59 Å². The zero-order valence-corrected chi connectivity index (χ0v) is 15.0. The van der Waals surface area contributed by atoms with Crippen LogP contribution in [0.2, 0.25) is 0 Å². The predicted octanol–water partition coefficient (Wildman–Crippen LogP) is 3.31. The van der Waals surface area contributed by atoms with Gasteiger partial charge in [-0.3, -0.25) is 9.59 Å². The molecule has 0 spiro atoms. The Morgan fingerprint density at radius 3 is 2.62 bits per heavy atom. The molecule has 116 valence electrons. The van der Waals surface area contributed by atoms with Crippen LogP contribution in [0, 0.1) is 0 Å². The zero-order valence-electron chi connectivity index (χ0n) is 12.6. The fourth-order valence-corrected chi connectivity index (χ4v) is 4.08. The van der Waals surface area contributed by atoms with E-state index in [2.05, 4.69) is 21.2 Å². The third kappa shape index (κ3) is 3.31. The van der Waals surface area contributed by atoms with Crippen molar-refractivity contribution < 1.29 is 9.59 Å². The van der Waals surface area contributed by atoms with Crippen LogP contribution in [0.25, 0.3) is 0 Å². The molecule has 6 heteroatoms. The van der Waals surface area contributed by atoms with Gasteiger partial charge in [-0.25, -0.2) is 0 Å². The molecule has 2 unspecified atom stereocenters. The summed E-state index contributed by atoms with van der Waals surface area (Å²) >= 11 is 5.05.